The molecule has 2 aromatic rings. The molecule has 10 heteroatoms. The summed E-state index contributed by atoms with van der Waals surface area (Å²) >= 11 is 6.59. The van der Waals surface area contributed by atoms with Crippen molar-refractivity contribution in [2.75, 3.05) is 10.8 Å². The van der Waals surface area contributed by atoms with Crippen molar-refractivity contribution in [2.24, 2.45) is 0 Å². The van der Waals surface area contributed by atoms with Crippen LogP contribution in [-0.2, 0) is 16.7 Å². The van der Waals surface area contributed by atoms with E-state index in [2.05, 4.69) is 4.98 Å². The van der Waals surface area contributed by atoms with E-state index >= 15 is 0 Å². The molecule has 2 N–H and O–H groups in total. The minimum absolute atomic E-state index is 0.0764. The minimum Gasteiger partial charge on any atom is -0.476 e. The average Bonchev–Trinajstić information content (AvgIpc) is 2.89. The maximum Gasteiger partial charge on any atom is 0.361 e. The first kappa shape index (κ1) is 16.7. The van der Waals surface area contributed by atoms with Crippen molar-refractivity contribution in [1.29, 1.82) is 0 Å². The summed E-state index contributed by atoms with van der Waals surface area (Å²) in [4.78, 5) is 14.5. The summed E-state index contributed by atoms with van der Waals surface area (Å²) in [5.74, 6) is -1.27. The lowest BCUT2D eigenvalue weighted by Gasteiger charge is -2.17. The first-order chi connectivity index (χ1) is 10.3. The largest absolute Gasteiger partial charge is 0.476 e. The second-order valence-corrected chi connectivity index (χ2v) is 6.86. The average molecular weight is 363 g/mol. The number of hydrogen-bond donors (Lipinski definition) is 2. The maximum atomic E-state index is 11.5. The highest BCUT2D eigenvalue weighted by Gasteiger charge is 2.23. The lowest BCUT2D eigenvalue weighted by Crippen LogP contribution is -2.32. The van der Waals surface area contributed by atoms with Gasteiger partial charge in [0.25, 0.3) is 0 Å². The number of anilines is 1. The van der Waals surface area contributed by atoms with Gasteiger partial charge in [-0.15, -0.1) is 11.3 Å². The number of aromatic nitrogens is 1. The minimum atomic E-state index is -4.55. The molecular weight excluding hydrogens is 352 g/mol. The number of aromatic carboxylic acids is 1. The summed E-state index contributed by atoms with van der Waals surface area (Å²) in [6, 6.07) is 6.80. The molecule has 0 saturated heterocycles. The summed E-state index contributed by atoms with van der Waals surface area (Å²) < 4.78 is 32.9. The van der Waals surface area contributed by atoms with E-state index in [1.54, 1.807) is 24.3 Å². The van der Waals surface area contributed by atoms with E-state index in [1.165, 1.54) is 5.38 Å². The molecule has 1 aromatic carbocycles. The van der Waals surface area contributed by atoms with Crippen molar-refractivity contribution >= 4 is 44.3 Å². The highest BCUT2D eigenvalue weighted by atomic mass is 35.5. The van der Waals surface area contributed by atoms with Crippen LogP contribution in [0.1, 0.15) is 16.1 Å². The number of carboxylic acid groups (broad SMARTS) is 1. The van der Waals surface area contributed by atoms with Gasteiger partial charge in [-0.2, -0.15) is 8.42 Å². The topological polar surface area (TPSA) is 108 Å². The van der Waals surface area contributed by atoms with Gasteiger partial charge >= 0.3 is 16.3 Å². The maximum absolute atomic E-state index is 11.5. The van der Waals surface area contributed by atoms with Gasteiger partial charge < -0.3 is 5.11 Å². The molecule has 0 aliphatic rings. The second-order valence-electron chi connectivity index (χ2n) is 4.25. The molecule has 0 aliphatic heterocycles. The lowest BCUT2D eigenvalue weighted by molar-refractivity contribution is 0.0691. The number of benzene rings is 1. The second kappa shape index (κ2) is 6.61. The van der Waals surface area contributed by atoms with E-state index in [1.807, 2.05) is 0 Å². The van der Waals surface area contributed by atoms with Crippen LogP contribution in [0.15, 0.2) is 29.6 Å². The summed E-state index contributed by atoms with van der Waals surface area (Å²) in [6.45, 7) is -0.0764. The van der Waals surface area contributed by atoms with Crippen LogP contribution in [-0.4, -0.2) is 35.6 Å². The number of thiazole rings is 1. The molecule has 0 atom stereocenters. The van der Waals surface area contributed by atoms with Crippen LogP contribution >= 0.6 is 22.9 Å². The molecule has 0 amide bonds. The van der Waals surface area contributed by atoms with Crippen molar-refractivity contribution in [3.05, 3.63) is 45.9 Å². The number of carbonyl (C=O) groups is 1. The number of halogens is 1. The Balaban J connectivity index is 2.19. The molecule has 22 heavy (non-hydrogen) atoms. The summed E-state index contributed by atoms with van der Waals surface area (Å²) in [5, 5.41) is 10.5. The third-order valence-electron chi connectivity index (χ3n) is 2.72. The first-order valence-electron chi connectivity index (χ1n) is 5.96. The molecule has 0 radical (unpaired) electrons. The Morgan fingerprint density at radius 2 is 1.95 bits per heavy atom. The smallest absolute Gasteiger partial charge is 0.361 e. The molecule has 7 nitrogen and oxygen atoms in total. The Hall–Kier alpha value is -1.68. The van der Waals surface area contributed by atoms with E-state index in [4.69, 9.17) is 16.7 Å². The van der Waals surface area contributed by atoms with Gasteiger partial charge in [-0.3, -0.25) is 4.55 Å². The number of carboxylic acids is 1. The van der Waals surface area contributed by atoms with Gasteiger partial charge in [-0.1, -0.05) is 23.7 Å². The highest BCUT2D eigenvalue weighted by Crippen LogP contribution is 2.23. The summed E-state index contributed by atoms with van der Waals surface area (Å²) in [7, 11) is -4.55. The standard InChI is InChI=1S/C12H11ClN2O5S2/c13-9-3-1-8(2-4-9)5-6-15(22(18,19)20)12-14-10(7-21-12)11(16)17/h1-4,7H,5-6H2,(H,16,17)(H,18,19,20). The summed E-state index contributed by atoms with van der Waals surface area (Å²) in [6.07, 6.45) is 0.305. The third-order valence-corrected chi connectivity index (χ3v) is 4.86. The molecule has 0 spiro atoms. The van der Waals surface area contributed by atoms with Gasteiger partial charge in [0.1, 0.15) is 0 Å². The molecular formula is C12H11ClN2O5S2. The van der Waals surface area contributed by atoms with Crippen molar-refractivity contribution in [1.82, 2.24) is 4.98 Å². The monoisotopic (exact) mass is 362 g/mol. The predicted octanol–water partition coefficient (Wildman–Crippen LogP) is 2.35. The Bertz CT molecular complexity index is 773. The van der Waals surface area contributed by atoms with Crippen molar-refractivity contribution in [3.8, 4) is 0 Å². The van der Waals surface area contributed by atoms with Crippen LogP contribution in [0.3, 0.4) is 0 Å². The quantitative estimate of drug-likeness (QED) is 0.763. The fourth-order valence-corrected chi connectivity index (χ4v) is 3.50. The number of hydrogen-bond acceptors (Lipinski definition) is 5. The van der Waals surface area contributed by atoms with Crippen LogP contribution in [0.25, 0.3) is 0 Å². The zero-order chi connectivity index (χ0) is 16.3. The van der Waals surface area contributed by atoms with Crippen LogP contribution in [0, 0.1) is 0 Å². The van der Waals surface area contributed by atoms with Gasteiger partial charge in [-0.05, 0) is 24.1 Å². The van der Waals surface area contributed by atoms with E-state index < -0.39 is 16.3 Å². The summed E-state index contributed by atoms with van der Waals surface area (Å²) in [5.41, 5.74) is 0.535. The Morgan fingerprint density at radius 3 is 2.45 bits per heavy atom. The number of rotatable bonds is 6. The van der Waals surface area contributed by atoms with E-state index in [0.29, 0.717) is 15.7 Å². The molecule has 2 rings (SSSR count). The molecule has 0 aliphatic carbocycles. The molecule has 0 bridgehead atoms. The molecule has 0 saturated carbocycles. The van der Waals surface area contributed by atoms with Crippen molar-refractivity contribution < 1.29 is 22.9 Å². The molecule has 1 heterocycles. The zero-order valence-corrected chi connectivity index (χ0v) is 13.4. The fourth-order valence-electron chi connectivity index (χ4n) is 1.67. The third kappa shape index (κ3) is 4.17. The van der Waals surface area contributed by atoms with E-state index in [-0.39, 0.29) is 17.4 Å². The van der Waals surface area contributed by atoms with Gasteiger partial charge in [0, 0.05) is 16.9 Å². The van der Waals surface area contributed by atoms with Gasteiger partial charge in [0.05, 0.1) is 0 Å². The highest BCUT2D eigenvalue weighted by molar-refractivity contribution is 7.87. The van der Waals surface area contributed by atoms with E-state index in [9.17, 15) is 17.8 Å². The fraction of sp³-hybridized carbons (Fsp3) is 0.167. The first-order valence-corrected chi connectivity index (χ1v) is 8.61. The predicted molar refractivity (Wildman–Crippen MR) is 83.1 cm³/mol. The van der Waals surface area contributed by atoms with Crippen LogP contribution in [0.4, 0.5) is 5.13 Å². The van der Waals surface area contributed by atoms with Crippen LogP contribution in [0.5, 0.6) is 0 Å². The van der Waals surface area contributed by atoms with E-state index in [0.717, 1.165) is 16.9 Å². The van der Waals surface area contributed by atoms with Crippen LogP contribution in [0.2, 0.25) is 5.02 Å². The normalized spacial score (nSPS) is 11.4. The van der Waals surface area contributed by atoms with Gasteiger partial charge in [0.2, 0.25) is 5.13 Å². The lowest BCUT2D eigenvalue weighted by atomic mass is 10.1. The zero-order valence-electron chi connectivity index (χ0n) is 11.0. The molecule has 0 fully saturated rings. The molecule has 0 unspecified atom stereocenters. The van der Waals surface area contributed by atoms with Crippen LogP contribution < -0.4 is 4.31 Å². The van der Waals surface area contributed by atoms with Gasteiger partial charge in [-0.25, -0.2) is 14.1 Å². The molecule has 1 aromatic heterocycles. The molecule has 118 valence electrons. The Labute approximate surface area is 135 Å². The van der Waals surface area contributed by atoms with Gasteiger partial charge in [0.15, 0.2) is 5.69 Å². The van der Waals surface area contributed by atoms with Crippen molar-refractivity contribution in [3.63, 3.8) is 0 Å². The SMILES string of the molecule is O=C(O)c1csc(N(CCc2ccc(Cl)cc2)S(=O)(=O)O)n1. The Morgan fingerprint density at radius 1 is 1.32 bits per heavy atom. The Kier molecular flexibility index (Phi) is 5.01. The van der Waals surface area contributed by atoms with Crippen molar-refractivity contribution in [2.45, 2.75) is 6.42 Å². The number of nitrogens with zero attached hydrogens (tertiary/aromatic N) is 2.